The SMILES string of the molecule is Cc1ccc(C(O)c2ccc(Br)c3cccnc23)cc1C. The molecule has 3 aromatic rings. The minimum absolute atomic E-state index is 0.671. The van der Waals surface area contributed by atoms with Crippen LogP contribution in [0.15, 0.2) is 53.1 Å². The van der Waals surface area contributed by atoms with Crippen LogP contribution in [-0.4, -0.2) is 10.1 Å². The van der Waals surface area contributed by atoms with Crippen molar-refractivity contribution in [2.45, 2.75) is 20.0 Å². The molecule has 0 aliphatic rings. The summed E-state index contributed by atoms with van der Waals surface area (Å²) < 4.78 is 0.988. The summed E-state index contributed by atoms with van der Waals surface area (Å²) in [6.45, 7) is 4.13. The van der Waals surface area contributed by atoms with Crippen molar-refractivity contribution in [3.05, 3.63) is 75.4 Å². The molecule has 1 N–H and O–H groups in total. The highest BCUT2D eigenvalue weighted by Gasteiger charge is 2.16. The molecule has 21 heavy (non-hydrogen) atoms. The summed E-state index contributed by atoms with van der Waals surface area (Å²) >= 11 is 3.54. The lowest BCUT2D eigenvalue weighted by Gasteiger charge is -2.15. The van der Waals surface area contributed by atoms with Crippen LogP contribution in [-0.2, 0) is 0 Å². The Morgan fingerprint density at radius 3 is 2.62 bits per heavy atom. The molecule has 0 saturated heterocycles. The van der Waals surface area contributed by atoms with Crippen LogP contribution in [0.5, 0.6) is 0 Å². The number of nitrogens with zero attached hydrogens (tertiary/aromatic N) is 1. The van der Waals surface area contributed by atoms with Crippen LogP contribution < -0.4 is 0 Å². The van der Waals surface area contributed by atoms with E-state index in [1.165, 1.54) is 11.1 Å². The van der Waals surface area contributed by atoms with Gasteiger partial charge in [0.05, 0.1) is 5.52 Å². The Morgan fingerprint density at radius 2 is 1.86 bits per heavy atom. The number of halogens is 1. The van der Waals surface area contributed by atoms with E-state index in [1.54, 1.807) is 6.20 Å². The minimum atomic E-state index is -0.671. The normalized spacial score (nSPS) is 12.6. The molecule has 3 heteroatoms. The maximum Gasteiger partial charge on any atom is 0.106 e. The number of aromatic nitrogens is 1. The average Bonchev–Trinajstić information content (AvgIpc) is 2.50. The summed E-state index contributed by atoms with van der Waals surface area (Å²) in [5.41, 5.74) is 4.97. The molecule has 0 saturated carbocycles. The predicted octanol–water partition coefficient (Wildman–Crippen LogP) is 4.70. The number of fused-ring (bicyclic) bond motifs is 1. The van der Waals surface area contributed by atoms with E-state index in [9.17, 15) is 5.11 Å². The van der Waals surface area contributed by atoms with Crippen molar-refractivity contribution in [3.63, 3.8) is 0 Å². The molecule has 3 rings (SSSR count). The first-order chi connectivity index (χ1) is 10.1. The van der Waals surface area contributed by atoms with Crippen molar-refractivity contribution >= 4 is 26.8 Å². The Balaban J connectivity index is 2.15. The Kier molecular flexibility index (Phi) is 3.79. The monoisotopic (exact) mass is 341 g/mol. The molecular formula is C18H16BrNO. The summed E-state index contributed by atoms with van der Waals surface area (Å²) in [4.78, 5) is 4.44. The lowest BCUT2D eigenvalue weighted by molar-refractivity contribution is 0.221. The molecule has 106 valence electrons. The van der Waals surface area contributed by atoms with Gasteiger partial charge in [-0.05, 0) is 42.7 Å². The quantitative estimate of drug-likeness (QED) is 0.733. The highest BCUT2D eigenvalue weighted by molar-refractivity contribution is 9.10. The molecule has 1 aromatic heterocycles. The fourth-order valence-electron chi connectivity index (χ4n) is 2.49. The fraction of sp³-hybridized carbons (Fsp3) is 0.167. The van der Waals surface area contributed by atoms with Crippen LogP contribution in [0.2, 0.25) is 0 Å². The minimum Gasteiger partial charge on any atom is -0.384 e. The summed E-state index contributed by atoms with van der Waals surface area (Å²) in [6.07, 6.45) is 1.08. The van der Waals surface area contributed by atoms with Crippen molar-refractivity contribution in [1.82, 2.24) is 4.98 Å². The molecule has 0 bridgehead atoms. The van der Waals surface area contributed by atoms with E-state index in [-0.39, 0.29) is 0 Å². The number of aliphatic hydroxyl groups excluding tert-OH is 1. The molecular weight excluding hydrogens is 326 g/mol. The van der Waals surface area contributed by atoms with E-state index in [4.69, 9.17) is 0 Å². The fourth-order valence-corrected chi connectivity index (χ4v) is 2.95. The second kappa shape index (κ2) is 5.58. The lowest BCUT2D eigenvalue weighted by atomic mass is 9.96. The number of aryl methyl sites for hydroxylation is 2. The first-order valence-electron chi connectivity index (χ1n) is 6.86. The van der Waals surface area contributed by atoms with Crippen molar-refractivity contribution in [2.75, 3.05) is 0 Å². The molecule has 1 unspecified atom stereocenters. The highest BCUT2D eigenvalue weighted by atomic mass is 79.9. The Bertz CT molecular complexity index is 813. The number of rotatable bonds is 2. The summed E-state index contributed by atoms with van der Waals surface area (Å²) in [5.74, 6) is 0. The molecule has 1 atom stereocenters. The van der Waals surface area contributed by atoms with Crippen LogP contribution in [0, 0.1) is 13.8 Å². The van der Waals surface area contributed by atoms with Gasteiger partial charge >= 0.3 is 0 Å². The van der Waals surface area contributed by atoms with Crippen LogP contribution in [0.4, 0.5) is 0 Å². The second-order valence-electron chi connectivity index (χ2n) is 5.28. The number of hydrogen-bond donors (Lipinski definition) is 1. The Hall–Kier alpha value is -1.71. The highest BCUT2D eigenvalue weighted by Crippen LogP contribution is 2.32. The first kappa shape index (κ1) is 14.2. The van der Waals surface area contributed by atoms with Gasteiger partial charge in [-0.2, -0.15) is 0 Å². The molecule has 0 aliphatic carbocycles. The van der Waals surface area contributed by atoms with Crippen molar-refractivity contribution in [1.29, 1.82) is 0 Å². The molecule has 0 radical (unpaired) electrons. The molecule has 0 aliphatic heterocycles. The topological polar surface area (TPSA) is 33.1 Å². The zero-order chi connectivity index (χ0) is 15.0. The van der Waals surface area contributed by atoms with Crippen LogP contribution >= 0.6 is 15.9 Å². The van der Waals surface area contributed by atoms with E-state index in [2.05, 4.69) is 34.8 Å². The first-order valence-corrected chi connectivity index (χ1v) is 7.65. The third-order valence-electron chi connectivity index (χ3n) is 3.89. The largest absolute Gasteiger partial charge is 0.384 e. The Labute approximate surface area is 132 Å². The maximum absolute atomic E-state index is 10.7. The Morgan fingerprint density at radius 1 is 1.05 bits per heavy atom. The van der Waals surface area contributed by atoms with Gasteiger partial charge in [-0.25, -0.2) is 0 Å². The number of hydrogen-bond acceptors (Lipinski definition) is 2. The predicted molar refractivity (Wildman–Crippen MR) is 89.4 cm³/mol. The number of benzene rings is 2. The molecule has 2 aromatic carbocycles. The molecule has 0 fully saturated rings. The van der Waals surface area contributed by atoms with E-state index < -0.39 is 6.10 Å². The molecule has 0 spiro atoms. The van der Waals surface area contributed by atoms with Crippen molar-refractivity contribution in [2.24, 2.45) is 0 Å². The summed E-state index contributed by atoms with van der Waals surface area (Å²) in [6, 6.07) is 13.9. The van der Waals surface area contributed by atoms with E-state index in [0.717, 1.165) is 26.5 Å². The lowest BCUT2D eigenvalue weighted by Crippen LogP contribution is -2.02. The van der Waals surface area contributed by atoms with Gasteiger partial charge in [-0.15, -0.1) is 0 Å². The van der Waals surface area contributed by atoms with Crippen LogP contribution in [0.1, 0.15) is 28.4 Å². The summed E-state index contributed by atoms with van der Waals surface area (Å²) in [5, 5.41) is 11.8. The van der Waals surface area contributed by atoms with Gasteiger partial charge in [0.2, 0.25) is 0 Å². The van der Waals surface area contributed by atoms with Gasteiger partial charge in [0.25, 0.3) is 0 Å². The van der Waals surface area contributed by atoms with Gasteiger partial charge in [0.1, 0.15) is 6.10 Å². The average molecular weight is 342 g/mol. The summed E-state index contributed by atoms with van der Waals surface area (Å²) in [7, 11) is 0. The van der Waals surface area contributed by atoms with Gasteiger partial charge in [0.15, 0.2) is 0 Å². The van der Waals surface area contributed by atoms with Crippen molar-refractivity contribution < 1.29 is 5.11 Å². The smallest absolute Gasteiger partial charge is 0.106 e. The molecule has 2 nitrogen and oxygen atoms in total. The third kappa shape index (κ3) is 2.59. The van der Waals surface area contributed by atoms with E-state index in [0.29, 0.717) is 0 Å². The van der Waals surface area contributed by atoms with Gasteiger partial charge in [0, 0.05) is 21.6 Å². The van der Waals surface area contributed by atoms with Crippen molar-refractivity contribution in [3.8, 4) is 0 Å². The van der Waals surface area contributed by atoms with E-state index >= 15 is 0 Å². The molecule has 0 amide bonds. The van der Waals surface area contributed by atoms with E-state index in [1.807, 2.05) is 42.5 Å². The zero-order valence-corrected chi connectivity index (χ0v) is 13.6. The van der Waals surface area contributed by atoms with Gasteiger partial charge in [-0.1, -0.05) is 46.3 Å². The van der Waals surface area contributed by atoms with Gasteiger partial charge in [-0.3, -0.25) is 4.98 Å². The number of aliphatic hydroxyl groups is 1. The van der Waals surface area contributed by atoms with Crippen LogP contribution in [0.25, 0.3) is 10.9 Å². The maximum atomic E-state index is 10.7. The van der Waals surface area contributed by atoms with Crippen LogP contribution in [0.3, 0.4) is 0 Å². The van der Waals surface area contributed by atoms with Gasteiger partial charge < -0.3 is 5.11 Å². The zero-order valence-electron chi connectivity index (χ0n) is 12.0. The molecule has 1 heterocycles. The number of pyridine rings is 1. The standard InChI is InChI=1S/C18H16BrNO/c1-11-5-6-13(10-12(11)2)18(21)15-7-8-16(19)14-4-3-9-20-17(14)15/h3-10,18,21H,1-2H3. The second-order valence-corrected chi connectivity index (χ2v) is 6.14. The third-order valence-corrected chi connectivity index (χ3v) is 4.58.